The maximum atomic E-state index is 9.63. The molecular weight excluding hydrogens is 212 g/mol. The van der Waals surface area contributed by atoms with Crippen molar-refractivity contribution in [3.63, 3.8) is 0 Å². The predicted octanol–water partition coefficient (Wildman–Crippen LogP) is 1.67. The molecule has 3 heteroatoms. The lowest BCUT2D eigenvalue weighted by molar-refractivity contribution is 0.287. The molecule has 3 rings (SSSR count). The Morgan fingerprint density at radius 2 is 2.12 bits per heavy atom. The summed E-state index contributed by atoms with van der Waals surface area (Å²) in [4.78, 5) is 2.52. The Labute approximate surface area is 102 Å². The zero-order valence-electron chi connectivity index (χ0n) is 10.2. The third-order valence-corrected chi connectivity index (χ3v) is 3.93. The van der Waals surface area contributed by atoms with E-state index in [0.29, 0.717) is 11.8 Å². The van der Waals surface area contributed by atoms with Gasteiger partial charge in [0.1, 0.15) is 5.75 Å². The van der Waals surface area contributed by atoms with E-state index in [-0.39, 0.29) is 0 Å². The van der Waals surface area contributed by atoms with Gasteiger partial charge in [-0.1, -0.05) is 6.07 Å². The number of phenolic OH excluding ortho intramolecular Hbond substituents is 1. The molecule has 2 N–H and O–H groups in total. The molecule has 1 atom stereocenters. The van der Waals surface area contributed by atoms with E-state index in [1.807, 2.05) is 6.07 Å². The number of benzene rings is 1. The van der Waals surface area contributed by atoms with Crippen LogP contribution in [0.3, 0.4) is 0 Å². The number of hydrogen-bond acceptors (Lipinski definition) is 3. The van der Waals surface area contributed by atoms with Crippen molar-refractivity contribution >= 4 is 0 Å². The normalized spacial score (nSPS) is 24.8. The minimum absolute atomic E-state index is 0.388. The van der Waals surface area contributed by atoms with Crippen LogP contribution in [-0.4, -0.2) is 36.2 Å². The average molecular weight is 232 g/mol. The van der Waals surface area contributed by atoms with Crippen LogP contribution >= 0.6 is 0 Å². The number of nitrogens with one attached hydrogen (secondary N) is 1. The van der Waals surface area contributed by atoms with Gasteiger partial charge in [0.15, 0.2) is 0 Å². The Balaban J connectivity index is 1.80. The summed E-state index contributed by atoms with van der Waals surface area (Å²) in [6, 6.07) is 6.20. The molecule has 2 aliphatic rings. The highest BCUT2D eigenvalue weighted by molar-refractivity contribution is 5.38. The van der Waals surface area contributed by atoms with Crippen molar-refractivity contribution in [1.29, 1.82) is 0 Å². The van der Waals surface area contributed by atoms with E-state index in [1.54, 1.807) is 6.07 Å². The highest BCUT2D eigenvalue weighted by Crippen LogP contribution is 2.27. The Morgan fingerprint density at radius 3 is 2.94 bits per heavy atom. The summed E-state index contributed by atoms with van der Waals surface area (Å²) in [5.41, 5.74) is 2.69. The van der Waals surface area contributed by atoms with Gasteiger partial charge in [-0.2, -0.15) is 0 Å². The zero-order valence-corrected chi connectivity index (χ0v) is 10.2. The molecule has 1 saturated heterocycles. The molecule has 3 nitrogen and oxygen atoms in total. The molecule has 0 amide bonds. The van der Waals surface area contributed by atoms with E-state index in [2.05, 4.69) is 16.3 Å². The lowest BCUT2D eigenvalue weighted by Gasteiger charge is -2.30. The van der Waals surface area contributed by atoms with Crippen LogP contribution in [0.2, 0.25) is 0 Å². The SMILES string of the molecule is Oc1ccc2c(c1)C(CN1CCCC1)NCC2. The van der Waals surface area contributed by atoms with Crippen LogP contribution in [0.1, 0.15) is 30.0 Å². The third-order valence-electron chi connectivity index (χ3n) is 3.93. The minimum Gasteiger partial charge on any atom is -0.508 e. The highest BCUT2D eigenvalue weighted by Gasteiger charge is 2.23. The number of nitrogens with zero attached hydrogens (tertiary/aromatic N) is 1. The average Bonchev–Trinajstić information content (AvgIpc) is 2.83. The van der Waals surface area contributed by atoms with Crippen LogP contribution < -0.4 is 5.32 Å². The fourth-order valence-corrected chi connectivity index (χ4v) is 3.01. The molecule has 2 aliphatic heterocycles. The van der Waals surface area contributed by atoms with E-state index >= 15 is 0 Å². The smallest absolute Gasteiger partial charge is 0.115 e. The van der Waals surface area contributed by atoms with E-state index in [9.17, 15) is 5.11 Å². The van der Waals surface area contributed by atoms with E-state index in [4.69, 9.17) is 0 Å². The van der Waals surface area contributed by atoms with Crippen LogP contribution in [0.4, 0.5) is 0 Å². The standard InChI is InChI=1S/C14H20N2O/c17-12-4-3-11-5-6-15-14(13(11)9-12)10-16-7-1-2-8-16/h3-4,9,14-15,17H,1-2,5-8,10H2. The van der Waals surface area contributed by atoms with Crippen LogP contribution in [-0.2, 0) is 6.42 Å². The first-order valence-corrected chi connectivity index (χ1v) is 6.60. The molecule has 92 valence electrons. The zero-order chi connectivity index (χ0) is 11.7. The van der Waals surface area contributed by atoms with Crippen LogP contribution in [0.15, 0.2) is 18.2 Å². The van der Waals surface area contributed by atoms with Crippen molar-refractivity contribution in [2.45, 2.75) is 25.3 Å². The molecule has 1 aromatic rings. The molecule has 1 aromatic carbocycles. The number of hydrogen-bond donors (Lipinski definition) is 2. The Bertz CT molecular complexity index is 399. The van der Waals surface area contributed by atoms with Gasteiger partial charge in [-0.15, -0.1) is 0 Å². The molecule has 0 bridgehead atoms. The monoisotopic (exact) mass is 232 g/mol. The number of aromatic hydroxyl groups is 1. The summed E-state index contributed by atoms with van der Waals surface area (Å²) in [5, 5.41) is 13.2. The number of fused-ring (bicyclic) bond motifs is 1. The van der Waals surface area contributed by atoms with Gasteiger partial charge in [0.2, 0.25) is 0 Å². The molecule has 2 heterocycles. The van der Waals surface area contributed by atoms with Gasteiger partial charge in [-0.25, -0.2) is 0 Å². The Kier molecular flexibility index (Phi) is 3.04. The molecule has 17 heavy (non-hydrogen) atoms. The van der Waals surface area contributed by atoms with Crippen LogP contribution in [0.25, 0.3) is 0 Å². The lowest BCUT2D eigenvalue weighted by atomic mass is 9.94. The molecule has 0 aromatic heterocycles. The van der Waals surface area contributed by atoms with Crippen molar-refractivity contribution in [3.8, 4) is 5.75 Å². The molecular formula is C14H20N2O. The van der Waals surface area contributed by atoms with Gasteiger partial charge in [-0.05, 0) is 62.2 Å². The second-order valence-corrected chi connectivity index (χ2v) is 5.15. The fraction of sp³-hybridized carbons (Fsp3) is 0.571. The quantitative estimate of drug-likeness (QED) is 0.814. The molecule has 0 aliphatic carbocycles. The van der Waals surface area contributed by atoms with Crippen LogP contribution in [0, 0.1) is 0 Å². The van der Waals surface area contributed by atoms with Gasteiger partial charge < -0.3 is 15.3 Å². The number of likely N-dealkylation sites (tertiary alicyclic amines) is 1. The third kappa shape index (κ3) is 2.31. The van der Waals surface area contributed by atoms with Crippen molar-refractivity contribution in [3.05, 3.63) is 29.3 Å². The topological polar surface area (TPSA) is 35.5 Å². The summed E-state index contributed by atoms with van der Waals surface area (Å²) in [7, 11) is 0. The van der Waals surface area contributed by atoms with E-state index in [0.717, 1.165) is 19.5 Å². The van der Waals surface area contributed by atoms with E-state index < -0.39 is 0 Å². The van der Waals surface area contributed by atoms with Gasteiger partial charge in [0.05, 0.1) is 0 Å². The molecule has 1 unspecified atom stereocenters. The second-order valence-electron chi connectivity index (χ2n) is 5.15. The summed E-state index contributed by atoms with van der Waals surface area (Å²) in [5.74, 6) is 0.388. The minimum atomic E-state index is 0.388. The largest absolute Gasteiger partial charge is 0.508 e. The van der Waals surface area contributed by atoms with E-state index in [1.165, 1.54) is 37.1 Å². The number of rotatable bonds is 2. The predicted molar refractivity (Wildman–Crippen MR) is 68.2 cm³/mol. The van der Waals surface area contributed by atoms with Crippen molar-refractivity contribution in [1.82, 2.24) is 10.2 Å². The molecule has 0 radical (unpaired) electrons. The van der Waals surface area contributed by atoms with Crippen molar-refractivity contribution in [2.75, 3.05) is 26.2 Å². The summed E-state index contributed by atoms with van der Waals surface area (Å²) in [6.07, 6.45) is 3.74. The first-order valence-electron chi connectivity index (χ1n) is 6.60. The maximum absolute atomic E-state index is 9.63. The van der Waals surface area contributed by atoms with Crippen molar-refractivity contribution < 1.29 is 5.11 Å². The first-order chi connectivity index (χ1) is 8.33. The van der Waals surface area contributed by atoms with Crippen molar-refractivity contribution in [2.24, 2.45) is 0 Å². The first kappa shape index (κ1) is 11.1. The Hall–Kier alpha value is -1.06. The maximum Gasteiger partial charge on any atom is 0.115 e. The second kappa shape index (κ2) is 4.67. The Morgan fingerprint density at radius 1 is 1.29 bits per heavy atom. The fourth-order valence-electron chi connectivity index (χ4n) is 3.01. The number of phenols is 1. The summed E-state index contributed by atoms with van der Waals surface area (Å²) in [6.45, 7) is 4.59. The molecule has 0 spiro atoms. The van der Waals surface area contributed by atoms with Gasteiger partial charge in [-0.3, -0.25) is 0 Å². The van der Waals surface area contributed by atoms with Crippen LogP contribution in [0.5, 0.6) is 5.75 Å². The summed E-state index contributed by atoms with van der Waals surface area (Å²) < 4.78 is 0. The van der Waals surface area contributed by atoms with Gasteiger partial charge in [0.25, 0.3) is 0 Å². The molecule has 1 fully saturated rings. The van der Waals surface area contributed by atoms with Gasteiger partial charge in [0, 0.05) is 12.6 Å². The van der Waals surface area contributed by atoms with Gasteiger partial charge >= 0.3 is 0 Å². The lowest BCUT2D eigenvalue weighted by Crippen LogP contribution is -2.38. The molecule has 0 saturated carbocycles. The highest BCUT2D eigenvalue weighted by atomic mass is 16.3. The summed E-state index contributed by atoms with van der Waals surface area (Å²) >= 11 is 0.